The SMILES string of the molecule is Cc1ccc(-c2c3ccccc3c(-c3ccc(C)cc3)c3ccccc23)cc1.Cc1ccccc1-c1ccccc1C. The van der Waals surface area contributed by atoms with Crippen molar-refractivity contribution in [2.45, 2.75) is 27.7 Å². The number of rotatable bonds is 3. The van der Waals surface area contributed by atoms with Crippen molar-refractivity contribution in [1.29, 1.82) is 0 Å². The normalized spacial score (nSPS) is 10.9. The first-order chi connectivity index (χ1) is 20.5. The van der Waals surface area contributed by atoms with E-state index in [-0.39, 0.29) is 0 Å². The van der Waals surface area contributed by atoms with E-state index in [9.17, 15) is 0 Å². The van der Waals surface area contributed by atoms with E-state index in [4.69, 9.17) is 0 Å². The molecule has 204 valence electrons. The van der Waals surface area contributed by atoms with Gasteiger partial charge in [-0.1, -0.05) is 157 Å². The molecule has 0 heteroatoms. The molecular weight excluding hydrogens is 504 g/mol. The van der Waals surface area contributed by atoms with E-state index in [1.807, 2.05) is 0 Å². The molecule has 42 heavy (non-hydrogen) atoms. The Morgan fingerprint density at radius 3 is 0.881 bits per heavy atom. The lowest BCUT2D eigenvalue weighted by Crippen LogP contribution is -1.90. The zero-order valence-electron chi connectivity index (χ0n) is 24.9. The minimum atomic E-state index is 1.27. The third-order valence-electron chi connectivity index (χ3n) is 8.19. The molecule has 0 aromatic heterocycles. The van der Waals surface area contributed by atoms with Crippen LogP contribution in [0.5, 0.6) is 0 Å². The van der Waals surface area contributed by atoms with Crippen molar-refractivity contribution in [2.75, 3.05) is 0 Å². The molecule has 0 saturated carbocycles. The van der Waals surface area contributed by atoms with Crippen LogP contribution in [0, 0.1) is 27.7 Å². The number of hydrogen-bond donors (Lipinski definition) is 0. The van der Waals surface area contributed by atoms with Gasteiger partial charge in [-0.2, -0.15) is 0 Å². The van der Waals surface area contributed by atoms with Crippen LogP contribution >= 0.6 is 0 Å². The average molecular weight is 541 g/mol. The van der Waals surface area contributed by atoms with Gasteiger partial charge in [0, 0.05) is 0 Å². The van der Waals surface area contributed by atoms with E-state index in [2.05, 4.69) is 173 Å². The summed E-state index contributed by atoms with van der Waals surface area (Å²) in [7, 11) is 0. The lowest BCUT2D eigenvalue weighted by atomic mass is 9.86. The molecule has 0 radical (unpaired) electrons. The Hall–Kier alpha value is -4.94. The second-order valence-electron chi connectivity index (χ2n) is 11.2. The molecule has 0 aliphatic heterocycles. The Morgan fingerprint density at radius 2 is 0.571 bits per heavy atom. The van der Waals surface area contributed by atoms with Gasteiger partial charge in [0.25, 0.3) is 0 Å². The van der Waals surface area contributed by atoms with E-state index in [1.165, 1.54) is 77.2 Å². The summed E-state index contributed by atoms with van der Waals surface area (Å²) in [6.45, 7) is 8.59. The van der Waals surface area contributed by atoms with E-state index in [0.717, 1.165) is 0 Å². The van der Waals surface area contributed by atoms with Crippen molar-refractivity contribution in [3.05, 3.63) is 168 Å². The second kappa shape index (κ2) is 11.9. The zero-order chi connectivity index (χ0) is 29.1. The Morgan fingerprint density at radius 1 is 0.286 bits per heavy atom. The zero-order valence-corrected chi connectivity index (χ0v) is 24.9. The number of hydrogen-bond acceptors (Lipinski definition) is 0. The standard InChI is InChI=1S/C28H22.C14H14/c1-19-11-15-21(16-12-19)27-23-7-3-5-9-25(23)28(22-17-13-20(2)14-18-22)26-10-6-4-8-24(26)27;1-11-7-3-5-9-13(11)14-10-6-4-8-12(14)2/h3-18H,1-2H3;3-10H,1-2H3. The summed E-state index contributed by atoms with van der Waals surface area (Å²) < 4.78 is 0. The lowest BCUT2D eigenvalue weighted by molar-refractivity contribution is 1.41. The minimum absolute atomic E-state index is 1.27. The third-order valence-corrected chi connectivity index (χ3v) is 8.19. The smallest absolute Gasteiger partial charge is 0.00264 e. The molecule has 0 saturated heterocycles. The molecule has 0 spiro atoms. The molecule has 7 aromatic carbocycles. The maximum Gasteiger partial charge on any atom is -0.00264 e. The van der Waals surface area contributed by atoms with Crippen LogP contribution in [0.25, 0.3) is 54.9 Å². The predicted molar refractivity (Wildman–Crippen MR) is 183 cm³/mol. The van der Waals surface area contributed by atoms with Gasteiger partial charge in [0.1, 0.15) is 0 Å². The second-order valence-corrected chi connectivity index (χ2v) is 11.2. The van der Waals surface area contributed by atoms with Crippen LogP contribution in [0.1, 0.15) is 22.3 Å². The van der Waals surface area contributed by atoms with E-state index >= 15 is 0 Å². The highest BCUT2D eigenvalue weighted by Gasteiger charge is 2.16. The van der Waals surface area contributed by atoms with Crippen LogP contribution in [0.2, 0.25) is 0 Å². The molecule has 0 heterocycles. The van der Waals surface area contributed by atoms with Gasteiger partial charge in [0.15, 0.2) is 0 Å². The van der Waals surface area contributed by atoms with Gasteiger partial charge in [-0.25, -0.2) is 0 Å². The van der Waals surface area contributed by atoms with Crippen molar-refractivity contribution in [3.8, 4) is 33.4 Å². The molecule has 0 nitrogen and oxygen atoms in total. The van der Waals surface area contributed by atoms with Gasteiger partial charge < -0.3 is 0 Å². The lowest BCUT2D eigenvalue weighted by Gasteiger charge is -2.17. The largest absolute Gasteiger partial charge is 0.0620 e. The fraction of sp³-hybridized carbons (Fsp3) is 0.0952. The third kappa shape index (κ3) is 5.37. The summed E-state index contributed by atoms with van der Waals surface area (Å²) in [5.74, 6) is 0. The van der Waals surface area contributed by atoms with Gasteiger partial charge in [-0.05, 0) is 93.7 Å². The van der Waals surface area contributed by atoms with Crippen molar-refractivity contribution in [1.82, 2.24) is 0 Å². The van der Waals surface area contributed by atoms with Crippen LogP contribution in [0.4, 0.5) is 0 Å². The fourth-order valence-corrected chi connectivity index (χ4v) is 5.94. The first-order valence-electron chi connectivity index (χ1n) is 14.7. The maximum absolute atomic E-state index is 2.26. The number of aryl methyl sites for hydroxylation is 4. The van der Waals surface area contributed by atoms with Gasteiger partial charge in [0.05, 0.1) is 0 Å². The first kappa shape index (κ1) is 27.2. The fourth-order valence-electron chi connectivity index (χ4n) is 5.94. The van der Waals surface area contributed by atoms with Crippen LogP contribution in [-0.4, -0.2) is 0 Å². The highest BCUT2D eigenvalue weighted by molar-refractivity contribution is 6.21. The Labute approximate surface area is 249 Å². The summed E-state index contributed by atoms with van der Waals surface area (Å²) in [4.78, 5) is 0. The quantitative estimate of drug-likeness (QED) is 0.196. The summed E-state index contributed by atoms with van der Waals surface area (Å²) in [6, 6.07) is 52.4. The molecule has 0 amide bonds. The highest BCUT2D eigenvalue weighted by Crippen LogP contribution is 2.43. The van der Waals surface area contributed by atoms with Crippen molar-refractivity contribution in [3.63, 3.8) is 0 Å². The summed E-state index contributed by atoms with van der Waals surface area (Å²) >= 11 is 0. The number of fused-ring (bicyclic) bond motifs is 2. The summed E-state index contributed by atoms with van der Waals surface area (Å²) in [6.07, 6.45) is 0. The Balaban J connectivity index is 0.000000189. The van der Waals surface area contributed by atoms with E-state index in [0.29, 0.717) is 0 Å². The van der Waals surface area contributed by atoms with Crippen molar-refractivity contribution < 1.29 is 0 Å². The maximum atomic E-state index is 2.26. The topological polar surface area (TPSA) is 0 Å². The monoisotopic (exact) mass is 540 g/mol. The molecule has 7 aromatic rings. The molecule has 0 atom stereocenters. The minimum Gasteiger partial charge on any atom is -0.0620 e. The average Bonchev–Trinajstić information content (AvgIpc) is 3.02. The molecule has 0 unspecified atom stereocenters. The van der Waals surface area contributed by atoms with E-state index < -0.39 is 0 Å². The van der Waals surface area contributed by atoms with Gasteiger partial charge >= 0.3 is 0 Å². The molecule has 0 fully saturated rings. The van der Waals surface area contributed by atoms with Crippen LogP contribution in [-0.2, 0) is 0 Å². The number of benzene rings is 7. The van der Waals surface area contributed by atoms with Gasteiger partial charge in [-0.3, -0.25) is 0 Å². The molecule has 0 N–H and O–H groups in total. The summed E-state index contributed by atoms with van der Waals surface area (Å²) in [5.41, 5.74) is 13.1. The van der Waals surface area contributed by atoms with Gasteiger partial charge in [0.2, 0.25) is 0 Å². The Bertz CT molecular complexity index is 1790. The van der Waals surface area contributed by atoms with Crippen molar-refractivity contribution in [2.24, 2.45) is 0 Å². The van der Waals surface area contributed by atoms with E-state index in [1.54, 1.807) is 0 Å². The van der Waals surface area contributed by atoms with Crippen LogP contribution < -0.4 is 0 Å². The van der Waals surface area contributed by atoms with Crippen LogP contribution in [0.3, 0.4) is 0 Å². The van der Waals surface area contributed by atoms with Gasteiger partial charge in [-0.15, -0.1) is 0 Å². The highest BCUT2D eigenvalue weighted by atomic mass is 14.2. The molecule has 0 aliphatic carbocycles. The summed E-state index contributed by atoms with van der Waals surface area (Å²) in [5, 5.41) is 5.22. The molecule has 0 bridgehead atoms. The molecular formula is C42H36. The van der Waals surface area contributed by atoms with Crippen molar-refractivity contribution >= 4 is 21.5 Å². The van der Waals surface area contributed by atoms with Crippen LogP contribution in [0.15, 0.2) is 146 Å². The molecule has 7 rings (SSSR count). The Kier molecular flexibility index (Phi) is 7.71. The predicted octanol–water partition coefficient (Wildman–Crippen LogP) is 11.9. The first-order valence-corrected chi connectivity index (χ1v) is 14.7. The molecule has 0 aliphatic rings.